The van der Waals surface area contributed by atoms with Crippen molar-refractivity contribution in [3.63, 3.8) is 0 Å². The molecule has 0 saturated heterocycles. The van der Waals surface area contributed by atoms with Crippen LogP contribution in [-0.4, -0.2) is 18.3 Å². The highest BCUT2D eigenvalue weighted by atomic mass is 19.4. The first kappa shape index (κ1) is 13.2. The van der Waals surface area contributed by atoms with Crippen LogP contribution in [0.5, 0.6) is 0 Å². The Kier molecular flexibility index (Phi) is 4.25. The van der Waals surface area contributed by atoms with Gasteiger partial charge in [0, 0.05) is 11.8 Å². The molecule has 1 amide bonds. The lowest BCUT2D eigenvalue weighted by Crippen LogP contribution is -2.24. The Morgan fingerprint density at radius 3 is 2.47 bits per heavy atom. The highest BCUT2D eigenvalue weighted by molar-refractivity contribution is 5.94. The molecule has 0 heterocycles. The van der Waals surface area contributed by atoms with E-state index < -0.39 is 18.0 Å². The Balaban J connectivity index is 2.52. The minimum absolute atomic E-state index is 0.337. The molecular formula is C11H11F3N2O. The predicted octanol–water partition coefficient (Wildman–Crippen LogP) is 2.60. The van der Waals surface area contributed by atoms with Crippen LogP contribution < -0.4 is 5.43 Å². The monoisotopic (exact) mass is 244 g/mol. The Labute approximate surface area is 96.3 Å². The number of halogens is 3. The molecule has 0 radical (unpaired) electrons. The molecule has 0 fully saturated rings. The van der Waals surface area contributed by atoms with E-state index in [-0.39, 0.29) is 0 Å². The van der Waals surface area contributed by atoms with Crippen LogP contribution >= 0.6 is 0 Å². The lowest BCUT2D eigenvalue weighted by atomic mass is 10.2. The van der Waals surface area contributed by atoms with E-state index in [0.29, 0.717) is 11.8 Å². The summed E-state index contributed by atoms with van der Waals surface area (Å²) in [6.45, 7) is 0.957. The number of rotatable bonds is 3. The van der Waals surface area contributed by atoms with Gasteiger partial charge in [0.1, 0.15) is 0 Å². The van der Waals surface area contributed by atoms with Crippen molar-refractivity contribution in [1.29, 1.82) is 0 Å². The Bertz CT molecular complexity index is 401. The number of carbonyl (C=O) groups is 1. The number of nitrogens with one attached hydrogen (secondary N) is 1. The maximum Gasteiger partial charge on any atom is 0.396 e. The number of carbonyl (C=O) groups excluding carboxylic acids is 1. The second-order valence-electron chi connectivity index (χ2n) is 3.42. The minimum Gasteiger partial charge on any atom is -0.267 e. The molecule has 0 saturated carbocycles. The molecule has 0 spiro atoms. The van der Waals surface area contributed by atoms with Crippen LogP contribution in [-0.2, 0) is 0 Å². The molecule has 1 atom stereocenters. The van der Waals surface area contributed by atoms with Crippen LogP contribution in [0.3, 0.4) is 0 Å². The van der Waals surface area contributed by atoms with Gasteiger partial charge in [-0.2, -0.15) is 18.3 Å². The average Bonchev–Trinajstić information content (AvgIpc) is 2.28. The van der Waals surface area contributed by atoms with Crippen molar-refractivity contribution in [3.05, 3.63) is 35.9 Å². The smallest absolute Gasteiger partial charge is 0.267 e. The van der Waals surface area contributed by atoms with Gasteiger partial charge < -0.3 is 0 Å². The van der Waals surface area contributed by atoms with Gasteiger partial charge in [0.25, 0.3) is 5.91 Å². The zero-order chi connectivity index (χ0) is 12.9. The van der Waals surface area contributed by atoms with Crippen molar-refractivity contribution in [3.8, 4) is 0 Å². The van der Waals surface area contributed by atoms with E-state index in [2.05, 4.69) is 5.10 Å². The van der Waals surface area contributed by atoms with E-state index in [1.165, 1.54) is 12.1 Å². The zero-order valence-corrected chi connectivity index (χ0v) is 9.03. The summed E-state index contributed by atoms with van der Waals surface area (Å²) in [5.74, 6) is -2.24. The fraction of sp³-hybridized carbons (Fsp3) is 0.273. The first-order chi connectivity index (χ1) is 7.91. The summed E-state index contributed by atoms with van der Waals surface area (Å²) in [4.78, 5) is 11.4. The molecule has 0 aliphatic carbocycles. The molecule has 1 unspecified atom stereocenters. The molecule has 6 heteroatoms. The van der Waals surface area contributed by atoms with Crippen molar-refractivity contribution in [1.82, 2.24) is 5.43 Å². The van der Waals surface area contributed by atoms with Crippen molar-refractivity contribution in [2.45, 2.75) is 13.1 Å². The highest BCUT2D eigenvalue weighted by Gasteiger charge is 2.34. The Morgan fingerprint density at radius 2 is 1.94 bits per heavy atom. The molecule has 1 aromatic carbocycles. The number of nitrogens with zero attached hydrogens (tertiary/aromatic N) is 1. The first-order valence-corrected chi connectivity index (χ1v) is 4.86. The molecule has 0 aliphatic heterocycles. The third-order valence-electron chi connectivity index (χ3n) is 2.02. The van der Waals surface area contributed by atoms with Crippen molar-refractivity contribution in [2.24, 2.45) is 11.0 Å². The van der Waals surface area contributed by atoms with Crippen LogP contribution in [0, 0.1) is 5.92 Å². The SMILES string of the molecule is CC(/C=N/NC(=O)c1ccccc1)C(F)(F)F. The Hall–Kier alpha value is -1.85. The summed E-state index contributed by atoms with van der Waals surface area (Å²) in [7, 11) is 0. The molecule has 3 nitrogen and oxygen atoms in total. The predicted molar refractivity (Wildman–Crippen MR) is 57.6 cm³/mol. The maximum atomic E-state index is 12.1. The van der Waals surface area contributed by atoms with Crippen molar-refractivity contribution >= 4 is 12.1 Å². The summed E-state index contributed by atoms with van der Waals surface area (Å²) in [6, 6.07) is 8.11. The molecule has 92 valence electrons. The molecule has 1 N–H and O–H groups in total. The number of hydrogen-bond acceptors (Lipinski definition) is 2. The minimum atomic E-state index is -4.35. The summed E-state index contributed by atoms with van der Waals surface area (Å²) >= 11 is 0. The van der Waals surface area contributed by atoms with Crippen LogP contribution in [0.1, 0.15) is 17.3 Å². The largest absolute Gasteiger partial charge is 0.396 e. The maximum absolute atomic E-state index is 12.1. The molecule has 0 aliphatic rings. The highest BCUT2D eigenvalue weighted by Crippen LogP contribution is 2.23. The van der Waals surface area contributed by atoms with Gasteiger partial charge in [0.15, 0.2) is 0 Å². The van der Waals surface area contributed by atoms with Gasteiger partial charge in [-0.3, -0.25) is 4.79 Å². The standard InChI is InChI=1S/C11H11F3N2O/c1-8(11(12,13)14)7-15-16-10(17)9-5-3-2-4-6-9/h2-8H,1H3,(H,16,17)/b15-7+. The molecule has 0 aromatic heterocycles. The number of amides is 1. The van der Waals surface area contributed by atoms with Gasteiger partial charge in [-0.25, -0.2) is 5.43 Å². The summed E-state index contributed by atoms with van der Waals surface area (Å²) < 4.78 is 36.3. The van der Waals surface area contributed by atoms with E-state index in [4.69, 9.17) is 0 Å². The number of hydrogen-bond donors (Lipinski definition) is 1. The fourth-order valence-corrected chi connectivity index (χ4v) is 0.946. The first-order valence-electron chi connectivity index (χ1n) is 4.86. The summed E-state index contributed by atoms with van der Waals surface area (Å²) in [5, 5.41) is 3.27. The Morgan fingerprint density at radius 1 is 1.35 bits per heavy atom. The quantitative estimate of drug-likeness (QED) is 0.644. The van der Waals surface area contributed by atoms with E-state index in [9.17, 15) is 18.0 Å². The molecule has 1 aromatic rings. The lowest BCUT2D eigenvalue weighted by Gasteiger charge is -2.09. The normalized spacial score (nSPS) is 13.6. The lowest BCUT2D eigenvalue weighted by molar-refractivity contribution is -0.149. The van der Waals surface area contributed by atoms with Gasteiger partial charge in [-0.15, -0.1) is 0 Å². The third kappa shape index (κ3) is 4.26. The number of alkyl halides is 3. The van der Waals surface area contributed by atoms with E-state index >= 15 is 0 Å². The third-order valence-corrected chi connectivity index (χ3v) is 2.02. The molecule has 17 heavy (non-hydrogen) atoms. The van der Waals surface area contributed by atoms with Crippen molar-refractivity contribution < 1.29 is 18.0 Å². The van der Waals surface area contributed by atoms with Gasteiger partial charge in [-0.05, 0) is 19.1 Å². The number of hydrazone groups is 1. The van der Waals surface area contributed by atoms with Crippen LogP contribution in [0.15, 0.2) is 35.4 Å². The molecule has 1 rings (SSSR count). The van der Waals surface area contributed by atoms with E-state index in [0.717, 1.165) is 6.92 Å². The van der Waals surface area contributed by atoms with Crippen molar-refractivity contribution in [2.75, 3.05) is 0 Å². The average molecular weight is 244 g/mol. The fourth-order valence-electron chi connectivity index (χ4n) is 0.946. The van der Waals surface area contributed by atoms with Gasteiger partial charge >= 0.3 is 6.18 Å². The zero-order valence-electron chi connectivity index (χ0n) is 9.03. The topological polar surface area (TPSA) is 41.5 Å². The summed E-state index contributed by atoms with van der Waals surface area (Å²) in [6.07, 6.45) is -3.69. The molecular weight excluding hydrogens is 233 g/mol. The summed E-state index contributed by atoms with van der Waals surface area (Å²) in [5.41, 5.74) is 2.37. The van der Waals surface area contributed by atoms with Gasteiger partial charge in [0.05, 0.1) is 5.92 Å². The van der Waals surface area contributed by atoms with Crippen LogP contribution in [0.2, 0.25) is 0 Å². The van der Waals surface area contributed by atoms with Gasteiger partial charge in [-0.1, -0.05) is 18.2 Å². The second kappa shape index (κ2) is 5.47. The van der Waals surface area contributed by atoms with Crippen LogP contribution in [0.4, 0.5) is 13.2 Å². The molecule has 0 bridgehead atoms. The van der Waals surface area contributed by atoms with Crippen LogP contribution in [0.25, 0.3) is 0 Å². The number of benzene rings is 1. The van der Waals surface area contributed by atoms with E-state index in [1.807, 2.05) is 5.43 Å². The van der Waals surface area contributed by atoms with Gasteiger partial charge in [0.2, 0.25) is 0 Å². The van der Waals surface area contributed by atoms with E-state index in [1.54, 1.807) is 18.2 Å². The second-order valence-corrected chi connectivity index (χ2v) is 3.42.